The average Bonchev–Trinajstić information content (AvgIpc) is 3.08. The number of benzene rings is 3. The lowest BCUT2D eigenvalue weighted by Crippen LogP contribution is -2.11. The maximum Gasteiger partial charge on any atom is 0.268 e. The first-order valence-corrected chi connectivity index (χ1v) is 9.49. The molecule has 4 heteroatoms. The van der Waals surface area contributed by atoms with Crippen molar-refractivity contribution in [1.29, 1.82) is 0 Å². The Balaban J connectivity index is 1.92. The first kappa shape index (κ1) is 15.7. The Kier molecular flexibility index (Phi) is 3.70. The van der Waals surface area contributed by atoms with Crippen molar-refractivity contribution in [2.45, 2.75) is 11.8 Å². The Labute approximate surface area is 147 Å². The quantitative estimate of drug-likeness (QED) is 0.531. The SMILES string of the molecule is Cc1ccc(S(=O)(=O)n2ccc3c(-c4ccccc4)cccc32)cc1. The van der Waals surface area contributed by atoms with Gasteiger partial charge in [-0.3, -0.25) is 0 Å². The van der Waals surface area contributed by atoms with Crippen LogP contribution in [0.2, 0.25) is 0 Å². The molecule has 0 aliphatic heterocycles. The van der Waals surface area contributed by atoms with Gasteiger partial charge in [0.05, 0.1) is 10.4 Å². The van der Waals surface area contributed by atoms with Gasteiger partial charge in [0.1, 0.15) is 0 Å². The molecule has 3 aromatic carbocycles. The molecule has 0 amide bonds. The number of aryl methyl sites for hydroxylation is 1. The van der Waals surface area contributed by atoms with Crippen LogP contribution in [0.1, 0.15) is 5.56 Å². The summed E-state index contributed by atoms with van der Waals surface area (Å²) in [6.07, 6.45) is 1.63. The van der Waals surface area contributed by atoms with Crippen molar-refractivity contribution in [2.75, 3.05) is 0 Å². The second-order valence-corrected chi connectivity index (χ2v) is 7.85. The number of nitrogens with zero attached hydrogens (tertiary/aromatic N) is 1. The van der Waals surface area contributed by atoms with E-state index >= 15 is 0 Å². The van der Waals surface area contributed by atoms with Gasteiger partial charge in [0, 0.05) is 11.6 Å². The van der Waals surface area contributed by atoms with Crippen LogP contribution in [0.4, 0.5) is 0 Å². The standard InChI is InChI=1S/C21H17NO2S/c1-16-10-12-18(13-11-16)25(23,24)22-15-14-20-19(8-5-9-21(20)22)17-6-3-2-4-7-17/h2-15H,1H3. The second kappa shape index (κ2) is 5.90. The number of rotatable bonds is 3. The smallest absolute Gasteiger partial charge is 0.241 e. The van der Waals surface area contributed by atoms with Crippen molar-refractivity contribution < 1.29 is 8.42 Å². The molecule has 124 valence electrons. The number of fused-ring (bicyclic) bond motifs is 1. The molecular formula is C21H17NO2S. The summed E-state index contributed by atoms with van der Waals surface area (Å²) in [5.74, 6) is 0. The minimum absolute atomic E-state index is 0.292. The van der Waals surface area contributed by atoms with Gasteiger partial charge in [-0.05, 0) is 42.3 Å². The highest BCUT2D eigenvalue weighted by Gasteiger charge is 2.19. The summed E-state index contributed by atoms with van der Waals surface area (Å²) in [6.45, 7) is 1.94. The van der Waals surface area contributed by atoms with E-state index in [2.05, 4.69) is 0 Å². The zero-order valence-electron chi connectivity index (χ0n) is 13.8. The fraction of sp³-hybridized carbons (Fsp3) is 0.0476. The molecule has 0 N–H and O–H groups in total. The molecule has 0 unspecified atom stereocenters. The van der Waals surface area contributed by atoms with Crippen LogP contribution in [0.3, 0.4) is 0 Å². The van der Waals surface area contributed by atoms with Gasteiger partial charge in [-0.25, -0.2) is 12.4 Å². The van der Waals surface area contributed by atoms with Crippen LogP contribution in [-0.4, -0.2) is 12.4 Å². The fourth-order valence-electron chi connectivity index (χ4n) is 3.05. The van der Waals surface area contributed by atoms with Crippen molar-refractivity contribution in [3.8, 4) is 11.1 Å². The predicted molar refractivity (Wildman–Crippen MR) is 101 cm³/mol. The number of hydrogen-bond donors (Lipinski definition) is 0. The maximum absolute atomic E-state index is 13.0. The Morgan fingerprint density at radius 2 is 1.48 bits per heavy atom. The van der Waals surface area contributed by atoms with Crippen molar-refractivity contribution in [2.24, 2.45) is 0 Å². The summed E-state index contributed by atoms with van der Waals surface area (Å²) in [5, 5.41) is 0.921. The second-order valence-electron chi connectivity index (χ2n) is 6.03. The maximum atomic E-state index is 13.0. The molecule has 1 heterocycles. The summed E-state index contributed by atoms with van der Waals surface area (Å²) < 4.78 is 27.4. The van der Waals surface area contributed by atoms with Crippen molar-refractivity contribution in [3.63, 3.8) is 0 Å². The molecule has 1 aromatic heterocycles. The molecule has 0 bridgehead atoms. The Bertz CT molecular complexity index is 1140. The van der Waals surface area contributed by atoms with E-state index in [9.17, 15) is 8.42 Å². The van der Waals surface area contributed by atoms with E-state index in [1.54, 1.807) is 18.3 Å². The lowest BCUT2D eigenvalue weighted by atomic mass is 10.0. The summed E-state index contributed by atoms with van der Waals surface area (Å²) >= 11 is 0. The normalized spacial score (nSPS) is 11.7. The van der Waals surface area contributed by atoms with Crippen molar-refractivity contribution >= 4 is 20.9 Å². The molecule has 0 radical (unpaired) electrons. The van der Waals surface area contributed by atoms with Gasteiger partial charge in [-0.1, -0.05) is 60.2 Å². The first-order chi connectivity index (χ1) is 12.1. The average molecular weight is 347 g/mol. The molecule has 0 atom stereocenters. The van der Waals surface area contributed by atoms with Crippen LogP contribution in [-0.2, 0) is 10.0 Å². The van der Waals surface area contributed by atoms with Crippen LogP contribution < -0.4 is 0 Å². The molecule has 0 saturated heterocycles. The molecule has 25 heavy (non-hydrogen) atoms. The van der Waals surface area contributed by atoms with Gasteiger partial charge in [-0.15, -0.1) is 0 Å². The third-order valence-corrected chi connectivity index (χ3v) is 6.06. The summed E-state index contributed by atoms with van der Waals surface area (Å²) in [5.41, 5.74) is 3.80. The minimum Gasteiger partial charge on any atom is -0.241 e. The highest BCUT2D eigenvalue weighted by atomic mass is 32.2. The molecule has 0 aliphatic carbocycles. The first-order valence-electron chi connectivity index (χ1n) is 8.05. The highest BCUT2D eigenvalue weighted by Crippen LogP contribution is 2.31. The van der Waals surface area contributed by atoms with Crippen LogP contribution in [0.15, 0.2) is 90.0 Å². The largest absolute Gasteiger partial charge is 0.268 e. The molecule has 4 rings (SSSR count). The van der Waals surface area contributed by atoms with Crippen LogP contribution in [0.25, 0.3) is 22.0 Å². The van der Waals surface area contributed by atoms with Gasteiger partial charge >= 0.3 is 0 Å². The van der Waals surface area contributed by atoms with Crippen LogP contribution >= 0.6 is 0 Å². The van der Waals surface area contributed by atoms with Gasteiger partial charge in [0.15, 0.2) is 0 Å². The molecule has 3 nitrogen and oxygen atoms in total. The Hall–Kier alpha value is -2.85. The molecular weight excluding hydrogens is 330 g/mol. The van der Waals surface area contributed by atoms with E-state index in [0.717, 1.165) is 22.1 Å². The Morgan fingerprint density at radius 1 is 0.760 bits per heavy atom. The zero-order chi connectivity index (χ0) is 17.4. The van der Waals surface area contributed by atoms with E-state index in [4.69, 9.17) is 0 Å². The molecule has 0 aliphatic rings. The fourth-order valence-corrected chi connectivity index (χ4v) is 4.39. The lowest BCUT2D eigenvalue weighted by molar-refractivity contribution is 0.589. The lowest BCUT2D eigenvalue weighted by Gasteiger charge is -2.09. The van der Waals surface area contributed by atoms with Gasteiger partial charge < -0.3 is 0 Å². The van der Waals surface area contributed by atoms with Crippen molar-refractivity contribution in [3.05, 3.63) is 90.6 Å². The summed E-state index contributed by atoms with van der Waals surface area (Å²) in [7, 11) is -3.62. The minimum atomic E-state index is -3.62. The predicted octanol–water partition coefficient (Wildman–Crippen LogP) is 4.85. The topological polar surface area (TPSA) is 39.1 Å². The third-order valence-electron chi connectivity index (χ3n) is 4.36. The van der Waals surface area contributed by atoms with Gasteiger partial charge in [0.25, 0.3) is 10.0 Å². The van der Waals surface area contributed by atoms with Gasteiger partial charge in [-0.2, -0.15) is 0 Å². The van der Waals surface area contributed by atoms with Crippen LogP contribution in [0.5, 0.6) is 0 Å². The molecule has 0 spiro atoms. The monoisotopic (exact) mass is 347 g/mol. The zero-order valence-corrected chi connectivity index (χ0v) is 14.6. The van der Waals surface area contributed by atoms with E-state index < -0.39 is 10.0 Å². The van der Waals surface area contributed by atoms with E-state index in [0.29, 0.717) is 10.4 Å². The molecule has 4 aromatic rings. The number of hydrogen-bond acceptors (Lipinski definition) is 2. The highest BCUT2D eigenvalue weighted by molar-refractivity contribution is 7.90. The molecule has 0 saturated carbocycles. The Morgan fingerprint density at radius 3 is 2.20 bits per heavy atom. The van der Waals surface area contributed by atoms with E-state index in [1.807, 2.05) is 73.7 Å². The van der Waals surface area contributed by atoms with E-state index in [-0.39, 0.29) is 0 Å². The van der Waals surface area contributed by atoms with E-state index in [1.165, 1.54) is 3.97 Å². The summed E-state index contributed by atoms with van der Waals surface area (Å²) in [6, 6.07) is 24.5. The van der Waals surface area contributed by atoms with Gasteiger partial charge in [0.2, 0.25) is 0 Å². The summed E-state index contributed by atoms with van der Waals surface area (Å²) in [4.78, 5) is 0.292. The third kappa shape index (κ3) is 2.65. The van der Waals surface area contributed by atoms with Crippen molar-refractivity contribution in [1.82, 2.24) is 3.97 Å². The van der Waals surface area contributed by atoms with Crippen LogP contribution in [0, 0.1) is 6.92 Å². The molecule has 0 fully saturated rings. The number of aromatic nitrogens is 1.